The maximum atomic E-state index is 10.9. The summed E-state index contributed by atoms with van der Waals surface area (Å²) in [5, 5.41) is 12.1. The van der Waals surface area contributed by atoms with Crippen molar-refractivity contribution < 1.29 is 14.6 Å². The van der Waals surface area contributed by atoms with Crippen LogP contribution < -0.4 is 5.32 Å². The van der Waals surface area contributed by atoms with Gasteiger partial charge in [0.2, 0.25) is 0 Å². The highest BCUT2D eigenvalue weighted by molar-refractivity contribution is 5.88. The normalized spacial score (nSPS) is 10.4. The van der Waals surface area contributed by atoms with Crippen LogP contribution in [0, 0.1) is 0 Å². The van der Waals surface area contributed by atoms with Crippen molar-refractivity contribution in [1.29, 1.82) is 0 Å². The van der Waals surface area contributed by atoms with Crippen LogP contribution in [-0.2, 0) is 11.3 Å². The van der Waals surface area contributed by atoms with Crippen molar-refractivity contribution in [2.75, 3.05) is 20.3 Å². The second-order valence-electron chi connectivity index (χ2n) is 3.56. The fourth-order valence-corrected chi connectivity index (χ4v) is 1.38. The number of hydrogen-bond acceptors (Lipinski definition) is 5. The minimum absolute atomic E-state index is 0.150. The summed E-state index contributed by atoms with van der Waals surface area (Å²) in [5.74, 6) is -0.998. The molecule has 0 aromatic carbocycles. The summed E-state index contributed by atoms with van der Waals surface area (Å²) >= 11 is 0. The second kappa shape index (κ2) is 7.70. The van der Waals surface area contributed by atoms with E-state index in [9.17, 15) is 4.79 Å². The molecule has 0 unspecified atom stereocenters. The molecule has 0 atom stereocenters. The van der Waals surface area contributed by atoms with E-state index < -0.39 is 5.97 Å². The first-order chi connectivity index (χ1) is 8.25. The molecule has 1 rings (SSSR count). The summed E-state index contributed by atoms with van der Waals surface area (Å²) in [7, 11) is 1.67. The van der Waals surface area contributed by atoms with Gasteiger partial charge in [0.05, 0.1) is 5.69 Å². The topological polar surface area (TPSA) is 84.3 Å². The van der Waals surface area contributed by atoms with Crippen LogP contribution in [0.15, 0.2) is 12.5 Å². The first kappa shape index (κ1) is 13.5. The fraction of sp³-hybridized carbons (Fsp3) is 0.545. The molecule has 0 spiro atoms. The molecule has 94 valence electrons. The SMILES string of the molecule is COCCCCNCc1ncncc1C(=O)O. The zero-order valence-electron chi connectivity index (χ0n) is 9.85. The molecule has 1 heterocycles. The summed E-state index contributed by atoms with van der Waals surface area (Å²) in [6, 6.07) is 0. The van der Waals surface area contributed by atoms with Gasteiger partial charge in [-0.1, -0.05) is 0 Å². The minimum atomic E-state index is -0.998. The molecule has 17 heavy (non-hydrogen) atoms. The van der Waals surface area contributed by atoms with E-state index in [1.54, 1.807) is 7.11 Å². The number of carbonyl (C=O) groups is 1. The van der Waals surface area contributed by atoms with Gasteiger partial charge in [-0.05, 0) is 19.4 Å². The zero-order chi connectivity index (χ0) is 12.5. The summed E-state index contributed by atoms with van der Waals surface area (Å²) in [6.45, 7) is 2.00. The summed E-state index contributed by atoms with van der Waals surface area (Å²) in [5.41, 5.74) is 0.663. The van der Waals surface area contributed by atoms with E-state index in [0.717, 1.165) is 26.0 Å². The van der Waals surface area contributed by atoms with Crippen molar-refractivity contribution in [3.05, 3.63) is 23.8 Å². The molecule has 0 saturated heterocycles. The Morgan fingerprint density at radius 3 is 3.06 bits per heavy atom. The molecule has 0 aliphatic heterocycles. The molecule has 1 aromatic rings. The third-order valence-electron chi connectivity index (χ3n) is 2.27. The Hall–Kier alpha value is -1.53. The molecule has 0 aliphatic rings. The van der Waals surface area contributed by atoms with E-state index in [0.29, 0.717) is 12.2 Å². The van der Waals surface area contributed by atoms with Crippen LogP contribution >= 0.6 is 0 Å². The van der Waals surface area contributed by atoms with Crippen LogP contribution in [0.4, 0.5) is 0 Å². The average Bonchev–Trinajstić information content (AvgIpc) is 2.34. The highest BCUT2D eigenvalue weighted by Crippen LogP contribution is 2.03. The van der Waals surface area contributed by atoms with Gasteiger partial charge in [-0.15, -0.1) is 0 Å². The van der Waals surface area contributed by atoms with Crippen LogP contribution in [0.2, 0.25) is 0 Å². The third-order valence-corrected chi connectivity index (χ3v) is 2.27. The molecule has 0 amide bonds. The number of methoxy groups -OCH3 is 1. The average molecular weight is 239 g/mol. The highest BCUT2D eigenvalue weighted by atomic mass is 16.5. The Balaban J connectivity index is 2.34. The van der Waals surface area contributed by atoms with Gasteiger partial charge >= 0.3 is 5.97 Å². The molecule has 0 bridgehead atoms. The molecule has 0 fully saturated rings. The number of carboxylic acids is 1. The van der Waals surface area contributed by atoms with Crippen molar-refractivity contribution in [2.45, 2.75) is 19.4 Å². The van der Waals surface area contributed by atoms with Gasteiger partial charge in [0.25, 0.3) is 0 Å². The Morgan fingerprint density at radius 2 is 2.35 bits per heavy atom. The van der Waals surface area contributed by atoms with Crippen LogP contribution in [0.1, 0.15) is 28.9 Å². The Labute approximate surface area is 100 Å². The summed E-state index contributed by atoms with van der Waals surface area (Å²) in [6.07, 6.45) is 4.64. The Morgan fingerprint density at radius 1 is 1.53 bits per heavy atom. The lowest BCUT2D eigenvalue weighted by Gasteiger charge is -2.06. The van der Waals surface area contributed by atoms with E-state index in [4.69, 9.17) is 9.84 Å². The number of carboxylic acid groups (broad SMARTS) is 1. The number of hydrogen-bond donors (Lipinski definition) is 2. The van der Waals surface area contributed by atoms with E-state index in [1.165, 1.54) is 12.5 Å². The number of nitrogens with one attached hydrogen (secondary N) is 1. The lowest BCUT2D eigenvalue weighted by atomic mass is 10.2. The number of rotatable bonds is 8. The minimum Gasteiger partial charge on any atom is -0.478 e. The Bertz CT molecular complexity index is 358. The first-order valence-corrected chi connectivity index (χ1v) is 5.47. The third kappa shape index (κ3) is 4.88. The molecule has 6 nitrogen and oxygen atoms in total. The van der Waals surface area contributed by atoms with Gasteiger partial charge < -0.3 is 15.2 Å². The van der Waals surface area contributed by atoms with Gasteiger partial charge in [0.1, 0.15) is 11.9 Å². The molecule has 0 saturated carbocycles. The van der Waals surface area contributed by atoms with Gasteiger partial charge in [0.15, 0.2) is 0 Å². The van der Waals surface area contributed by atoms with E-state index >= 15 is 0 Å². The fourth-order valence-electron chi connectivity index (χ4n) is 1.38. The standard InChI is InChI=1S/C11H17N3O3/c1-17-5-3-2-4-12-7-10-9(11(15)16)6-13-8-14-10/h6,8,12H,2-5,7H2,1H3,(H,15,16). The number of aromatic carboxylic acids is 1. The molecule has 2 N–H and O–H groups in total. The monoisotopic (exact) mass is 239 g/mol. The van der Waals surface area contributed by atoms with Gasteiger partial charge in [-0.25, -0.2) is 14.8 Å². The Kier molecular flexibility index (Phi) is 6.13. The molecule has 0 radical (unpaired) electrons. The molecule has 0 aliphatic carbocycles. The zero-order valence-corrected chi connectivity index (χ0v) is 9.85. The summed E-state index contributed by atoms with van der Waals surface area (Å²) in [4.78, 5) is 18.5. The van der Waals surface area contributed by atoms with Crippen LogP contribution in [0.5, 0.6) is 0 Å². The van der Waals surface area contributed by atoms with E-state index in [1.807, 2.05) is 0 Å². The van der Waals surface area contributed by atoms with Crippen LogP contribution in [0.3, 0.4) is 0 Å². The van der Waals surface area contributed by atoms with Crippen molar-refractivity contribution in [2.24, 2.45) is 0 Å². The largest absolute Gasteiger partial charge is 0.478 e. The number of nitrogens with zero attached hydrogens (tertiary/aromatic N) is 2. The number of unbranched alkanes of at least 4 members (excludes halogenated alkanes) is 1. The lowest BCUT2D eigenvalue weighted by molar-refractivity contribution is 0.0694. The molecular weight excluding hydrogens is 222 g/mol. The molecule has 6 heteroatoms. The first-order valence-electron chi connectivity index (χ1n) is 5.47. The van der Waals surface area contributed by atoms with Gasteiger partial charge in [-0.2, -0.15) is 0 Å². The van der Waals surface area contributed by atoms with Crippen molar-refractivity contribution in [3.8, 4) is 0 Å². The lowest BCUT2D eigenvalue weighted by Crippen LogP contribution is -2.18. The highest BCUT2D eigenvalue weighted by Gasteiger charge is 2.10. The number of ether oxygens (including phenoxy) is 1. The summed E-state index contributed by atoms with van der Waals surface area (Å²) < 4.78 is 4.93. The van der Waals surface area contributed by atoms with Gasteiger partial charge in [-0.3, -0.25) is 0 Å². The maximum Gasteiger partial charge on any atom is 0.339 e. The molecule has 1 aromatic heterocycles. The van der Waals surface area contributed by atoms with Crippen molar-refractivity contribution >= 4 is 5.97 Å². The van der Waals surface area contributed by atoms with E-state index in [-0.39, 0.29) is 5.56 Å². The quantitative estimate of drug-likeness (QED) is 0.649. The predicted molar refractivity (Wildman–Crippen MR) is 61.8 cm³/mol. The number of aromatic nitrogens is 2. The van der Waals surface area contributed by atoms with Crippen molar-refractivity contribution in [1.82, 2.24) is 15.3 Å². The smallest absolute Gasteiger partial charge is 0.339 e. The van der Waals surface area contributed by atoms with Gasteiger partial charge in [0, 0.05) is 26.5 Å². The molecular formula is C11H17N3O3. The van der Waals surface area contributed by atoms with Crippen molar-refractivity contribution in [3.63, 3.8) is 0 Å². The van der Waals surface area contributed by atoms with Crippen LogP contribution in [-0.4, -0.2) is 41.3 Å². The second-order valence-corrected chi connectivity index (χ2v) is 3.56. The maximum absolute atomic E-state index is 10.9. The van der Waals surface area contributed by atoms with Crippen LogP contribution in [0.25, 0.3) is 0 Å². The predicted octanol–water partition coefficient (Wildman–Crippen LogP) is 0.691. The van der Waals surface area contributed by atoms with E-state index in [2.05, 4.69) is 15.3 Å².